The van der Waals surface area contributed by atoms with Gasteiger partial charge in [-0.1, -0.05) is 0 Å². The number of piperidine rings is 1. The van der Waals surface area contributed by atoms with Gasteiger partial charge in [-0.15, -0.1) is 12.4 Å². The van der Waals surface area contributed by atoms with Crippen LogP contribution in [0.25, 0.3) is 0 Å². The van der Waals surface area contributed by atoms with Gasteiger partial charge < -0.3 is 15.0 Å². The summed E-state index contributed by atoms with van der Waals surface area (Å²) in [6.45, 7) is 3.76. The molecule has 3 atom stereocenters. The first kappa shape index (κ1) is 14.6. The van der Waals surface area contributed by atoms with Crippen LogP contribution in [-0.2, 0) is 9.53 Å². The number of ether oxygens (including phenoxy) is 1. The van der Waals surface area contributed by atoms with Crippen LogP contribution in [0.2, 0.25) is 0 Å². The van der Waals surface area contributed by atoms with Crippen molar-refractivity contribution in [3.05, 3.63) is 0 Å². The zero-order chi connectivity index (χ0) is 12.9. The zero-order valence-electron chi connectivity index (χ0n) is 12.0. The highest BCUT2D eigenvalue weighted by atomic mass is 35.5. The quantitative estimate of drug-likeness (QED) is 0.799. The van der Waals surface area contributed by atoms with E-state index in [0.717, 1.165) is 45.5 Å². The first-order chi connectivity index (χ1) is 9.30. The summed E-state index contributed by atoms with van der Waals surface area (Å²) >= 11 is 0. The Balaban J connectivity index is 0.00000121. The molecule has 3 unspecified atom stereocenters. The second-order valence-electron chi connectivity index (χ2n) is 6.81. The van der Waals surface area contributed by atoms with Gasteiger partial charge in [-0.05, 0) is 57.0 Å². The van der Waals surface area contributed by atoms with Gasteiger partial charge in [0.25, 0.3) is 0 Å². The van der Waals surface area contributed by atoms with E-state index in [-0.39, 0.29) is 12.4 Å². The first-order valence-electron chi connectivity index (χ1n) is 7.93. The maximum Gasteiger partial charge on any atom is 0.226 e. The van der Waals surface area contributed by atoms with Crippen LogP contribution in [0.4, 0.5) is 0 Å². The summed E-state index contributed by atoms with van der Waals surface area (Å²) in [6.07, 6.45) is 7.39. The fourth-order valence-corrected chi connectivity index (χ4v) is 4.57. The Morgan fingerprint density at radius 2 is 2.05 bits per heavy atom. The molecule has 4 rings (SSSR count). The molecule has 2 saturated carbocycles. The van der Waals surface area contributed by atoms with Gasteiger partial charge in [0.15, 0.2) is 0 Å². The summed E-state index contributed by atoms with van der Waals surface area (Å²) in [6, 6.07) is 0.389. The molecule has 0 aromatic carbocycles. The van der Waals surface area contributed by atoms with Gasteiger partial charge in [0.05, 0.1) is 18.8 Å². The maximum atomic E-state index is 12.8. The third kappa shape index (κ3) is 2.26. The van der Waals surface area contributed by atoms with Crippen LogP contribution in [0.15, 0.2) is 0 Å². The molecule has 1 N–H and O–H groups in total. The lowest BCUT2D eigenvalue weighted by atomic mass is 9.91. The summed E-state index contributed by atoms with van der Waals surface area (Å²) < 4.78 is 5.82. The van der Waals surface area contributed by atoms with Crippen molar-refractivity contribution in [2.75, 3.05) is 26.2 Å². The molecule has 1 amide bonds. The Bertz CT molecular complexity index is 384. The summed E-state index contributed by atoms with van der Waals surface area (Å²) in [7, 11) is 0. The number of hydrogen-bond donors (Lipinski definition) is 1. The Kier molecular flexibility index (Phi) is 3.99. The van der Waals surface area contributed by atoms with Gasteiger partial charge in [-0.2, -0.15) is 0 Å². The Morgan fingerprint density at radius 1 is 1.25 bits per heavy atom. The second-order valence-corrected chi connectivity index (χ2v) is 6.81. The molecule has 114 valence electrons. The number of hydrogen-bond acceptors (Lipinski definition) is 3. The number of halogens is 1. The SMILES string of the molecule is Cl.O=C(C1CC12CCNCC2)N1CCOC2CCCC21. The smallest absolute Gasteiger partial charge is 0.226 e. The topological polar surface area (TPSA) is 41.6 Å². The van der Waals surface area contributed by atoms with E-state index >= 15 is 0 Å². The van der Waals surface area contributed by atoms with Crippen molar-refractivity contribution in [1.29, 1.82) is 0 Å². The number of carbonyl (C=O) groups excluding carboxylic acids is 1. The summed E-state index contributed by atoms with van der Waals surface area (Å²) in [4.78, 5) is 15.0. The summed E-state index contributed by atoms with van der Waals surface area (Å²) in [5, 5.41) is 3.41. The van der Waals surface area contributed by atoms with E-state index in [0.29, 0.717) is 29.4 Å². The van der Waals surface area contributed by atoms with Crippen molar-refractivity contribution < 1.29 is 9.53 Å². The number of rotatable bonds is 1. The lowest BCUT2D eigenvalue weighted by molar-refractivity contribution is -0.146. The normalized spacial score (nSPS) is 38.2. The molecule has 2 aliphatic carbocycles. The molecule has 2 saturated heterocycles. The standard InChI is InChI=1S/C15H24N2O2.ClH/c18-14(11-10-15(11)4-6-16-7-5-15)17-8-9-19-13-3-1-2-12(13)17;/h11-13,16H,1-10H2;1H. The molecule has 4 aliphatic rings. The molecule has 0 aromatic rings. The molecule has 5 heteroatoms. The number of carbonyl (C=O) groups is 1. The summed E-state index contributed by atoms with van der Waals surface area (Å²) in [5.74, 6) is 0.774. The number of amides is 1. The van der Waals surface area contributed by atoms with Crippen molar-refractivity contribution in [2.24, 2.45) is 11.3 Å². The largest absolute Gasteiger partial charge is 0.374 e. The molecule has 0 aromatic heterocycles. The van der Waals surface area contributed by atoms with Crippen molar-refractivity contribution in [2.45, 2.75) is 50.7 Å². The molecular formula is C15H25ClN2O2. The molecule has 20 heavy (non-hydrogen) atoms. The van der Waals surface area contributed by atoms with Crippen molar-refractivity contribution in [3.63, 3.8) is 0 Å². The lowest BCUT2D eigenvalue weighted by Gasteiger charge is -2.38. The number of fused-ring (bicyclic) bond motifs is 1. The maximum absolute atomic E-state index is 12.8. The molecule has 4 fully saturated rings. The van der Waals surface area contributed by atoms with E-state index in [1.54, 1.807) is 0 Å². The van der Waals surface area contributed by atoms with Crippen LogP contribution < -0.4 is 5.32 Å². The average Bonchev–Trinajstić information content (AvgIpc) is 2.92. The van der Waals surface area contributed by atoms with Crippen molar-refractivity contribution >= 4 is 18.3 Å². The van der Waals surface area contributed by atoms with Crippen LogP contribution in [-0.4, -0.2) is 49.2 Å². The fourth-order valence-electron chi connectivity index (χ4n) is 4.57. The Hall–Kier alpha value is -0.320. The van der Waals surface area contributed by atoms with Crippen LogP contribution in [0, 0.1) is 11.3 Å². The highest BCUT2D eigenvalue weighted by Crippen LogP contribution is 2.59. The molecule has 1 spiro atoms. The average molecular weight is 301 g/mol. The van der Waals surface area contributed by atoms with E-state index in [1.165, 1.54) is 19.3 Å². The van der Waals surface area contributed by atoms with Crippen molar-refractivity contribution in [3.8, 4) is 0 Å². The van der Waals surface area contributed by atoms with Gasteiger partial charge in [0, 0.05) is 12.5 Å². The minimum atomic E-state index is 0. The molecule has 0 bridgehead atoms. The van der Waals surface area contributed by atoms with E-state index in [4.69, 9.17) is 4.74 Å². The second kappa shape index (κ2) is 5.47. The van der Waals surface area contributed by atoms with E-state index in [2.05, 4.69) is 10.2 Å². The molecule has 4 nitrogen and oxygen atoms in total. The predicted molar refractivity (Wildman–Crippen MR) is 79.0 cm³/mol. The Morgan fingerprint density at radius 3 is 2.85 bits per heavy atom. The van der Waals surface area contributed by atoms with Gasteiger partial charge in [-0.25, -0.2) is 0 Å². The number of morpholine rings is 1. The molecule has 2 aliphatic heterocycles. The van der Waals surface area contributed by atoms with E-state index < -0.39 is 0 Å². The third-order valence-corrected chi connectivity index (χ3v) is 5.85. The fraction of sp³-hybridized carbons (Fsp3) is 0.933. The van der Waals surface area contributed by atoms with Crippen LogP contribution in [0.5, 0.6) is 0 Å². The monoisotopic (exact) mass is 300 g/mol. The minimum Gasteiger partial charge on any atom is -0.374 e. The predicted octanol–water partition coefficient (Wildman–Crippen LogP) is 1.58. The minimum absolute atomic E-state index is 0. The van der Waals surface area contributed by atoms with E-state index in [9.17, 15) is 4.79 Å². The number of nitrogens with one attached hydrogen (secondary N) is 1. The molecular weight excluding hydrogens is 276 g/mol. The zero-order valence-corrected chi connectivity index (χ0v) is 12.8. The van der Waals surface area contributed by atoms with E-state index in [1.807, 2.05) is 0 Å². The number of nitrogens with zero attached hydrogens (tertiary/aromatic N) is 1. The lowest BCUT2D eigenvalue weighted by Crippen LogP contribution is -2.52. The van der Waals surface area contributed by atoms with Crippen LogP contribution >= 0.6 is 12.4 Å². The molecule has 0 radical (unpaired) electrons. The van der Waals surface area contributed by atoms with Gasteiger partial charge in [0.2, 0.25) is 5.91 Å². The van der Waals surface area contributed by atoms with Crippen molar-refractivity contribution in [1.82, 2.24) is 10.2 Å². The highest BCUT2D eigenvalue weighted by molar-refractivity contribution is 5.85. The Labute approximate surface area is 127 Å². The highest BCUT2D eigenvalue weighted by Gasteiger charge is 2.59. The third-order valence-electron chi connectivity index (χ3n) is 5.85. The van der Waals surface area contributed by atoms with Crippen LogP contribution in [0.1, 0.15) is 38.5 Å². The van der Waals surface area contributed by atoms with Crippen LogP contribution in [0.3, 0.4) is 0 Å². The van der Waals surface area contributed by atoms with Gasteiger partial charge in [-0.3, -0.25) is 4.79 Å². The van der Waals surface area contributed by atoms with Gasteiger partial charge in [0.1, 0.15) is 0 Å². The first-order valence-corrected chi connectivity index (χ1v) is 7.93. The molecule has 2 heterocycles. The summed E-state index contributed by atoms with van der Waals surface area (Å²) in [5.41, 5.74) is 0.370. The van der Waals surface area contributed by atoms with Gasteiger partial charge >= 0.3 is 0 Å².